The molecule has 0 spiro atoms. The second-order valence-electron chi connectivity index (χ2n) is 7.01. The molecular weight excluding hydrogens is 324 g/mol. The van der Waals surface area contributed by atoms with Crippen LogP contribution in [0.4, 0.5) is 5.69 Å². The molecular formula is C18H26N2O3S. The zero-order valence-corrected chi connectivity index (χ0v) is 15.3. The number of benzene rings is 1. The van der Waals surface area contributed by atoms with Crippen molar-refractivity contribution in [3.05, 3.63) is 29.8 Å². The van der Waals surface area contributed by atoms with Crippen LogP contribution in [0.15, 0.2) is 24.3 Å². The molecule has 2 saturated heterocycles. The number of hydrogen-bond donors (Lipinski definition) is 1. The Morgan fingerprint density at radius 1 is 1.21 bits per heavy atom. The largest absolute Gasteiger partial charge is 0.305 e. The summed E-state index contributed by atoms with van der Waals surface area (Å²) < 4.78 is 24.3. The van der Waals surface area contributed by atoms with Crippen molar-refractivity contribution in [1.82, 2.24) is 5.32 Å². The molecule has 1 amide bonds. The molecule has 0 aromatic heterocycles. The number of fused-ring (bicyclic) bond motifs is 1. The van der Waals surface area contributed by atoms with Gasteiger partial charge in [0.05, 0.1) is 23.6 Å². The zero-order valence-electron chi connectivity index (χ0n) is 14.5. The number of nitrogens with one attached hydrogen (secondary N) is 1. The first-order valence-electron chi connectivity index (χ1n) is 8.74. The van der Waals surface area contributed by atoms with Gasteiger partial charge in [-0.15, -0.1) is 0 Å². The lowest BCUT2D eigenvalue weighted by molar-refractivity contribution is -0.124. The SMILES string of the molecule is CCc1ccc(N2C(=O)[C@H](C(C)CC)N[C@@H]3CS(=O)(=O)C[C@@H]32)cc1. The van der Waals surface area contributed by atoms with Crippen LogP contribution >= 0.6 is 0 Å². The van der Waals surface area contributed by atoms with E-state index < -0.39 is 9.84 Å². The molecule has 2 heterocycles. The summed E-state index contributed by atoms with van der Waals surface area (Å²) in [6.07, 6.45) is 1.81. The number of piperazine rings is 1. The maximum Gasteiger partial charge on any atom is 0.244 e. The highest BCUT2D eigenvalue weighted by Crippen LogP contribution is 2.31. The van der Waals surface area contributed by atoms with Gasteiger partial charge >= 0.3 is 0 Å². The fraction of sp³-hybridized carbons (Fsp3) is 0.611. The molecule has 132 valence electrons. The summed E-state index contributed by atoms with van der Waals surface area (Å²) in [6.45, 7) is 6.18. The number of carbonyl (C=O) groups excluding carboxylic acids is 1. The predicted molar refractivity (Wildman–Crippen MR) is 95.9 cm³/mol. The van der Waals surface area contributed by atoms with E-state index >= 15 is 0 Å². The fourth-order valence-corrected chi connectivity index (χ4v) is 5.62. The lowest BCUT2D eigenvalue weighted by Crippen LogP contribution is -2.66. The molecule has 1 aromatic rings. The summed E-state index contributed by atoms with van der Waals surface area (Å²) in [7, 11) is -3.12. The van der Waals surface area contributed by atoms with Crippen LogP contribution in [-0.4, -0.2) is 44.0 Å². The Labute approximate surface area is 144 Å². The van der Waals surface area contributed by atoms with Crippen molar-refractivity contribution in [2.75, 3.05) is 16.4 Å². The van der Waals surface area contributed by atoms with E-state index in [0.29, 0.717) is 0 Å². The summed E-state index contributed by atoms with van der Waals surface area (Å²) in [5, 5.41) is 3.32. The minimum Gasteiger partial charge on any atom is -0.305 e. The van der Waals surface area contributed by atoms with Crippen LogP contribution in [-0.2, 0) is 21.1 Å². The minimum absolute atomic E-state index is 0.00746. The van der Waals surface area contributed by atoms with E-state index in [1.165, 1.54) is 5.56 Å². The number of rotatable bonds is 4. The van der Waals surface area contributed by atoms with Gasteiger partial charge in [0.1, 0.15) is 0 Å². The average molecular weight is 350 g/mol. The Bertz CT molecular complexity index is 714. The molecule has 6 heteroatoms. The van der Waals surface area contributed by atoms with Crippen LogP contribution in [0.2, 0.25) is 0 Å². The van der Waals surface area contributed by atoms with Crippen molar-refractivity contribution in [1.29, 1.82) is 0 Å². The standard InChI is InChI=1S/C18H26N2O3S/c1-4-12(3)17-18(21)20(14-8-6-13(5-2)7-9-14)16-11-24(22,23)10-15(16)19-17/h6-9,12,15-17,19H,4-5,10-11H2,1-3H3/t12?,15-,16+,17+/m1/s1. The van der Waals surface area contributed by atoms with Gasteiger partial charge in [0.2, 0.25) is 5.91 Å². The quantitative estimate of drug-likeness (QED) is 0.899. The van der Waals surface area contributed by atoms with Gasteiger partial charge in [-0.05, 0) is 30.0 Å². The Morgan fingerprint density at radius 2 is 1.88 bits per heavy atom. The van der Waals surface area contributed by atoms with E-state index in [0.717, 1.165) is 18.5 Å². The number of nitrogens with zero attached hydrogens (tertiary/aromatic N) is 1. The highest BCUT2D eigenvalue weighted by Gasteiger charge is 2.50. The van der Waals surface area contributed by atoms with E-state index in [-0.39, 0.29) is 41.5 Å². The molecule has 5 nitrogen and oxygen atoms in total. The first-order valence-corrected chi connectivity index (χ1v) is 10.6. The summed E-state index contributed by atoms with van der Waals surface area (Å²) in [4.78, 5) is 14.8. The van der Waals surface area contributed by atoms with Gasteiger partial charge in [0.25, 0.3) is 0 Å². The Balaban J connectivity index is 1.99. The van der Waals surface area contributed by atoms with Crippen LogP contribution in [0.3, 0.4) is 0 Å². The van der Waals surface area contributed by atoms with Crippen molar-refractivity contribution < 1.29 is 13.2 Å². The second kappa shape index (κ2) is 6.48. The van der Waals surface area contributed by atoms with Crippen molar-refractivity contribution in [2.24, 2.45) is 5.92 Å². The average Bonchev–Trinajstić information content (AvgIpc) is 2.87. The number of sulfone groups is 1. The molecule has 24 heavy (non-hydrogen) atoms. The smallest absolute Gasteiger partial charge is 0.244 e. The number of amides is 1. The number of hydrogen-bond acceptors (Lipinski definition) is 4. The van der Waals surface area contributed by atoms with E-state index in [2.05, 4.69) is 19.2 Å². The van der Waals surface area contributed by atoms with Crippen LogP contribution < -0.4 is 10.2 Å². The summed E-state index contributed by atoms with van der Waals surface area (Å²) in [6, 6.07) is 7.10. The summed E-state index contributed by atoms with van der Waals surface area (Å²) in [5.74, 6) is 0.312. The molecule has 4 atom stereocenters. The van der Waals surface area contributed by atoms with Gasteiger partial charge in [-0.3, -0.25) is 10.1 Å². The lowest BCUT2D eigenvalue weighted by atomic mass is 9.91. The number of anilines is 1. The number of aryl methyl sites for hydroxylation is 1. The first kappa shape index (κ1) is 17.4. The molecule has 0 radical (unpaired) electrons. The van der Waals surface area contributed by atoms with Gasteiger partial charge in [0.15, 0.2) is 9.84 Å². The molecule has 2 aliphatic rings. The van der Waals surface area contributed by atoms with Crippen LogP contribution in [0.1, 0.15) is 32.8 Å². The molecule has 0 saturated carbocycles. The molecule has 0 bridgehead atoms. The normalized spacial score (nSPS) is 30.2. The summed E-state index contributed by atoms with van der Waals surface area (Å²) >= 11 is 0. The van der Waals surface area contributed by atoms with Gasteiger partial charge < -0.3 is 4.90 Å². The van der Waals surface area contributed by atoms with E-state index in [4.69, 9.17) is 0 Å². The highest BCUT2D eigenvalue weighted by atomic mass is 32.2. The van der Waals surface area contributed by atoms with Crippen LogP contribution in [0.5, 0.6) is 0 Å². The summed E-state index contributed by atoms with van der Waals surface area (Å²) in [5.41, 5.74) is 2.01. The van der Waals surface area contributed by atoms with Crippen molar-refractivity contribution in [2.45, 2.75) is 51.7 Å². The molecule has 1 unspecified atom stereocenters. The van der Waals surface area contributed by atoms with Crippen molar-refractivity contribution in [3.63, 3.8) is 0 Å². The highest BCUT2D eigenvalue weighted by molar-refractivity contribution is 7.91. The third kappa shape index (κ3) is 3.09. The van der Waals surface area contributed by atoms with E-state index in [9.17, 15) is 13.2 Å². The monoisotopic (exact) mass is 350 g/mol. The number of carbonyl (C=O) groups is 1. The van der Waals surface area contributed by atoms with Crippen molar-refractivity contribution >= 4 is 21.4 Å². The third-order valence-electron chi connectivity index (χ3n) is 5.39. The Morgan fingerprint density at radius 3 is 2.46 bits per heavy atom. The van der Waals surface area contributed by atoms with Gasteiger partial charge in [-0.1, -0.05) is 39.3 Å². The second-order valence-corrected chi connectivity index (χ2v) is 9.16. The van der Waals surface area contributed by atoms with Gasteiger partial charge in [-0.2, -0.15) is 0 Å². The minimum atomic E-state index is -3.12. The zero-order chi connectivity index (χ0) is 17.5. The Kier molecular flexibility index (Phi) is 4.71. The molecule has 0 aliphatic carbocycles. The topological polar surface area (TPSA) is 66.5 Å². The molecule has 1 aromatic carbocycles. The third-order valence-corrected chi connectivity index (χ3v) is 7.10. The maximum atomic E-state index is 13.1. The maximum absolute atomic E-state index is 13.1. The van der Waals surface area contributed by atoms with E-state index in [1.54, 1.807) is 4.90 Å². The van der Waals surface area contributed by atoms with Crippen molar-refractivity contribution in [3.8, 4) is 0 Å². The molecule has 2 aliphatic heterocycles. The molecule has 1 N–H and O–H groups in total. The first-order chi connectivity index (χ1) is 11.4. The molecule has 2 fully saturated rings. The fourth-order valence-electron chi connectivity index (χ4n) is 3.71. The predicted octanol–water partition coefficient (Wildman–Crippen LogP) is 1.77. The molecule has 3 rings (SSSR count). The van der Waals surface area contributed by atoms with Gasteiger partial charge in [0, 0.05) is 11.7 Å². The van der Waals surface area contributed by atoms with Crippen LogP contribution in [0.25, 0.3) is 0 Å². The van der Waals surface area contributed by atoms with Crippen LogP contribution in [0, 0.1) is 5.92 Å². The van der Waals surface area contributed by atoms with Gasteiger partial charge in [-0.25, -0.2) is 8.42 Å². The van der Waals surface area contributed by atoms with E-state index in [1.807, 2.05) is 31.2 Å². The lowest BCUT2D eigenvalue weighted by Gasteiger charge is -2.43. The Hall–Kier alpha value is -1.40.